The molecular weight excluding hydrogens is 631 g/mol. The normalized spacial score (nSPS) is 16.6. The maximum Gasteiger partial charge on any atom is 0.326 e. The summed E-state index contributed by atoms with van der Waals surface area (Å²) >= 11 is 6.17. The monoisotopic (exact) mass is 668 g/mol. The van der Waals surface area contributed by atoms with Crippen LogP contribution in [0.4, 0.5) is 4.39 Å². The summed E-state index contributed by atoms with van der Waals surface area (Å²) in [6.45, 7) is 0.112. The molecule has 4 aromatic rings. The SMILES string of the molecule is O=C(O)[C@H](Cc1ccc(-c2ccccc2)cc1)NC(=O)[C@@H]1Cc2ccc(OCc3c(F)cccc3Cl)cc2CN1C(=O)CC1CCCC1. The minimum atomic E-state index is -1.17. The third kappa shape index (κ3) is 7.88. The van der Waals surface area contributed by atoms with Gasteiger partial charge in [-0.3, -0.25) is 9.59 Å². The molecule has 2 amide bonds. The Morgan fingerprint density at radius 1 is 0.917 bits per heavy atom. The van der Waals surface area contributed by atoms with Crippen molar-refractivity contribution in [2.24, 2.45) is 5.92 Å². The molecule has 2 N–H and O–H groups in total. The Morgan fingerprint density at radius 3 is 2.35 bits per heavy atom. The molecule has 248 valence electrons. The number of nitrogens with one attached hydrogen (secondary N) is 1. The minimum absolute atomic E-state index is 0.0643. The molecule has 1 aliphatic heterocycles. The zero-order valence-corrected chi connectivity index (χ0v) is 27.3. The summed E-state index contributed by atoms with van der Waals surface area (Å²) in [4.78, 5) is 41.5. The molecular formula is C39H38ClFN2O5. The van der Waals surface area contributed by atoms with Gasteiger partial charge in [-0.2, -0.15) is 0 Å². The molecule has 0 bridgehead atoms. The Hall–Kier alpha value is -4.69. The number of carboxylic acid groups (broad SMARTS) is 1. The number of amides is 2. The molecule has 0 saturated heterocycles. The van der Waals surface area contributed by atoms with Gasteiger partial charge in [0.2, 0.25) is 11.8 Å². The van der Waals surface area contributed by atoms with Crippen LogP contribution in [0.1, 0.15) is 54.4 Å². The van der Waals surface area contributed by atoms with Crippen molar-refractivity contribution >= 4 is 29.4 Å². The van der Waals surface area contributed by atoms with Crippen molar-refractivity contribution in [1.82, 2.24) is 10.2 Å². The Bertz CT molecular complexity index is 1760. The number of hydrogen-bond acceptors (Lipinski definition) is 4. The van der Waals surface area contributed by atoms with E-state index in [0.717, 1.165) is 53.5 Å². The Kier molecular flexibility index (Phi) is 10.4. The van der Waals surface area contributed by atoms with E-state index in [9.17, 15) is 23.9 Å². The molecule has 0 radical (unpaired) electrons. The van der Waals surface area contributed by atoms with Gasteiger partial charge >= 0.3 is 5.97 Å². The zero-order chi connectivity index (χ0) is 33.6. The summed E-state index contributed by atoms with van der Waals surface area (Å²) in [6.07, 6.45) is 4.81. The molecule has 0 aromatic heterocycles. The predicted molar refractivity (Wildman–Crippen MR) is 182 cm³/mol. The van der Waals surface area contributed by atoms with E-state index in [1.807, 2.05) is 66.7 Å². The summed E-state index contributed by atoms with van der Waals surface area (Å²) in [5, 5.41) is 13.1. The number of aliphatic carboxylic acids is 1. The van der Waals surface area contributed by atoms with Crippen molar-refractivity contribution in [3.63, 3.8) is 0 Å². The van der Waals surface area contributed by atoms with Crippen LogP contribution in [0, 0.1) is 11.7 Å². The van der Waals surface area contributed by atoms with Crippen LogP contribution in [0.2, 0.25) is 5.02 Å². The number of rotatable bonds is 11. The number of halogens is 2. The van der Waals surface area contributed by atoms with E-state index in [1.165, 1.54) is 12.1 Å². The molecule has 1 fully saturated rings. The maximum absolute atomic E-state index is 14.3. The van der Waals surface area contributed by atoms with Crippen LogP contribution < -0.4 is 10.1 Å². The smallest absolute Gasteiger partial charge is 0.326 e. The van der Waals surface area contributed by atoms with E-state index >= 15 is 0 Å². The van der Waals surface area contributed by atoms with Gasteiger partial charge in [0.05, 0.1) is 5.02 Å². The first kappa shape index (κ1) is 33.2. The van der Waals surface area contributed by atoms with Gasteiger partial charge in [-0.05, 0) is 70.8 Å². The zero-order valence-electron chi connectivity index (χ0n) is 26.5. The number of fused-ring (bicyclic) bond motifs is 1. The molecule has 2 aliphatic rings. The molecule has 0 unspecified atom stereocenters. The first-order chi connectivity index (χ1) is 23.2. The van der Waals surface area contributed by atoms with E-state index in [2.05, 4.69) is 5.32 Å². The average molecular weight is 669 g/mol. The largest absolute Gasteiger partial charge is 0.489 e. The number of hydrogen-bond donors (Lipinski definition) is 2. The number of carbonyl (C=O) groups is 3. The maximum atomic E-state index is 14.3. The highest BCUT2D eigenvalue weighted by molar-refractivity contribution is 6.31. The highest BCUT2D eigenvalue weighted by Gasteiger charge is 2.37. The summed E-state index contributed by atoms with van der Waals surface area (Å²) in [7, 11) is 0. The third-order valence-corrected chi connectivity index (χ3v) is 9.78. The molecule has 4 aromatic carbocycles. The van der Waals surface area contributed by atoms with E-state index in [0.29, 0.717) is 12.2 Å². The Morgan fingerprint density at radius 2 is 1.65 bits per heavy atom. The second kappa shape index (κ2) is 15.0. The average Bonchev–Trinajstić information content (AvgIpc) is 3.61. The molecule has 48 heavy (non-hydrogen) atoms. The number of nitrogens with zero attached hydrogens (tertiary/aromatic N) is 1. The van der Waals surface area contributed by atoms with Gasteiger partial charge in [0.15, 0.2) is 0 Å². The quantitative estimate of drug-likeness (QED) is 0.174. The molecule has 1 heterocycles. The van der Waals surface area contributed by atoms with Gasteiger partial charge in [-0.15, -0.1) is 0 Å². The van der Waals surface area contributed by atoms with Crippen LogP contribution in [0.15, 0.2) is 91.0 Å². The lowest BCUT2D eigenvalue weighted by atomic mass is 9.91. The molecule has 1 aliphatic carbocycles. The first-order valence-electron chi connectivity index (χ1n) is 16.4. The molecule has 9 heteroatoms. The van der Waals surface area contributed by atoms with Crippen molar-refractivity contribution in [2.45, 2.75) is 70.2 Å². The summed E-state index contributed by atoms with van der Waals surface area (Å²) in [6, 6.07) is 25.3. The summed E-state index contributed by atoms with van der Waals surface area (Å²) in [5.74, 6) is -1.46. The van der Waals surface area contributed by atoms with E-state index < -0.39 is 29.8 Å². The van der Waals surface area contributed by atoms with Crippen LogP contribution in [-0.4, -0.2) is 39.9 Å². The first-order valence-corrected chi connectivity index (χ1v) is 16.8. The van der Waals surface area contributed by atoms with Gasteiger partial charge in [0, 0.05) is 31.4 Å². The second-order valence-corrected chi connectivity index (χ2v) is 13.1. The van der Waals surface area contributed by atoms with E-state index in [1.54, 1.807) is 17.0 Å². The van der Waals surface area contributed by atoms with Gasteiger partial charge in [-0.1, -0.05) is 91.2 Å². The highest BCUT2D eigenvalue weighted by atomic mass is 35.5. The fourth-order valence-corrected chi connectivity index (χ4v) is 6.94. The van der Waals surface area contributed by atoms with Crippen LogP contribution >= 0.6 is 11.6 Å². The highest BCUT2D eigenvalue weighted by Crippen LogP contribution is 2.32. The van der Waals surface area contributed by atoms with Crippen molar-refractivity contribution in [3.05, 3.63) is 124 Å². The predicted octanol–water partition coefficient (Wildman–Crippen LogP) is 7.37. The Balaban J connectivity index is 1.18. The number of carboxylic acids is 1. The van der Waals surface area contributed by atoms with E-state index in [4.69, 9.17) is 16.3 Å². The van der Waals surface area contributed by atoms with Crippen LogP contribution in [0.3, 0.4) is 0 Å². The topological polar surface area (TPSA) is 95.9 Å². The van der Waals surface area contributed by atoms with Gasteiger partial charge < -0.3 is 20.1 Å². The van der Waals surface area contributed by atoms with Gasteiger partial charge in [-0.25, -0.2) is 9.18 Å². The Labute approximate surface area is 284 Å². The molecule has 1 saturated carbocycles. The van der Waals surface area contributed by atoms with Crippen LogP contribution in [0.25, 0.3) is 11.1 Å². The molecule has 6 rings (SSSR count). The van der Waals surface area contributed by atoms with Crippen LogP contribution in [-0.2, 0) is 40.4 Å². The van der Waals surface area contributed by atoms with Crippen molar-refractivity contribution in [3.8, 4) is 16.9 Å². The third-order valence-electron chi connectivity index (χ3n) is 9.43. The molecule has 2 atom stereocenters. The fraction of sp³-hybridized carbons (Fsp3) is 0.308. The molecule has 7 nitrogen and oxygen atoms in total. The lowest BCUT2D eigenvalue weighted by Gasteiger charge is -2.37. The van der Waals surface area contributed by atoms with E-state index in [-0.39, 0.29) is 48.4 Å². The molecule has 0 spiro atoms. The van der Waals surface area contributed by atoms with Crippen molar-refractivity contribution in [1.29, 1.82) is 0 Å². The lowest BCUT2D eigenvalue weighted by molar-refractivity contribution is -0.145. The number of ether oxygens (including phenoxy) is 1. The fourth-order valence-electron chi connectivity index (χ4n) is 6.72. The lowest BCUT2D eigenvalue weighted by Crippen LogP contribution is -2.56. The van der Waals surface area contributed by atoms with Crippen LogP contribution in [0.5, 0.6) is 5.75 Å². The number of benzene rings is 4. The van der Waals surface area contributed by atoms with Crippen molar-refractivity contribution < 1.29 is 28.6 Å². The van der Waals surface area contributed by atoms with Gasteiger partial charge in [0.1, 0.15) is 30.3 Å². The van der Waals surface area contributed by atoms with Crippen molar-refractivity contribution in [2.75, 3.05) is 0 Å². The van der Waals surface area contributed by atoms with Gasteiger partial charge in [0.25, 0.3) is 0 Å². The summed E-state index contributed by atoms with van der Waals surface area (Å²) < 4.78 is 20.2. The standard InChI is InChI=1S/C39H38ClFN2O5/c40-33-11-6-12-34(41)32(33)24-48-31-18-17-29-22-36(43(23-30(29)21-31)37(44)20-25-7-4-5-8-25)38(45)42-35(39(46)47)19-26-13-15-28(16-14-26)27-9-2-1-3-10-27/h1-3,6,9-18,21,25,35-36H,4-5,7-8,19-20,22-24H2,(H,42,45)(H,46,47)/t35-,36-/m0/s1. The summed E-state index contributed by atoms with van der Waals surface area (Å²) in [5.41, 5.74) is 4.78. The second-order valence-electron chi connectivity index (χ2n) is 12.7. The minimum Gasteiger partial charge on any atom is -0.489 e. The number of carbonyl (C=O) groups excluding carboxylic acids is 2.